The summed E-state index contributed by atoms with van der Waals surface area (Å²) in [6.45, 7) is 7.33. The maximum Gasteiger partial charge on any atom is 0.257 e. The SMILES string of the molecule is Cc1ccc(C(=O)N2CCCC(c3ccc(C#N)cc3)CC2)cc1NC(=O)c1ccc(NC(C)C)nc1. The van der Waals surface area contributed by atoms with Gasteiger partial charge in [0.25, 0.3) is 11.8 Å². The van der Waals surface area contributed by atoms with Gasteiger partial charge in [0, 0.05) is 36.6 Å². The first-order valence-electron chi connectivity index (χ1n) is 12.8. The highest BCUT2D eigenvalue weighted by atomic mass is 16.2. The molecule has 0 bridgehead atoms. The zero-order valence-corrected chi connectivity index (χ0v) is 21.6. The van der Waals surface area contributed by atoms with Crippen molar-refractivity contribution in [3.8, 4) is 6.07 Å². The number of hydrogen-bond donors (Lipinski definition) is 2. The van der Waals surface area contributed by atoms with Gasteiger partial charge in [0.1, 0.15) is 5.82 Å². The summed E-state index contributed by atoms with van der Waals surface area (Å²) < 4.78 is 0. The van der Waals surface area contributed by atoms with E-state index in [1.54, 1.807) is 24.4 Å². The first kappa shape index (κ1) is 25.9. The number of pyridine rings is 1. The van der Waals surface area contributed by atoms with Crippen LogP contribution in [0.25, 0.3) is 0 Å². The van der Waals surface area contributed by atoms with Crippen LogP contribution in [-0.4, -0.2) is 40.8 Å². The molecule has 7 heteroatoms. The van der Waals surface area contributed by atoms with Crippen LogP contribution in [0.15, 0.2) is 60.8 Å². The molecule has 190 valence electrons. The van der Waals surface area contributed by atoms with Gasteiger partial charge in [-0.05, 0) is 93.5 Å². The third-order valence-electron chi connectivity index (χ3n) is 6.72. The molecule has 7 nitrogen and oxygen atoms in total. The van der Waals surface area contributed by atoms with Gasteiger partial charge in [-0.1, -0.05) is 18.2 Å². The third-order valence-corrected chi connectivity index (χ3v) is 6.72. The molecule has 2 N–H and O–H groups in total. The largest absolute Gasteiger partial charge is 0.368 e. The molecule has 4 rings (SSSR count). The molecule has 2 amide bonds. The number of aromatic nitrogens is 1. The van der Waals surface area contributed by atoms with E-state index in [4.69, 9.17) is 5.26 Å². The monoisotopic (exact) mass is 495 g/mol. The number of amides is 2. The van der Waals surface area contributed by atoms with E-state index in [1.165, 1.54) is 5.56 Å². The summed E-state index contributed by atoms with van der Waals surface area (Å²) in [5.74, 6) is 0.793. The average molecular weight is 496 g/mol. The van der Waals surface area contributed by atoms with Crippen molar-refractivity contribution in [2.45, 2.75) is 52.0 Å². The van der Waals surface area contributed by atoms with E-state index in [0.717, 1.165) is 24.8 Å². The van der Waals surface area contributed by atoms with Gasteiger partial charge in [-0.2, -0.15) is 5.26 Å². The molecule has 1 unspecified atom stereocenters. The molecule has 1 aromatic heterocycles. The summed E-state index contributed by atoms with van der Waals surface area (Å²) in [5.41, 5.74) is 4.39. The molecule has 3 aromatic rings. The van der Waals surface area contributed by atoms with E-state index < -0.39 is 0 Å². The number of benzene rings is 2. The zero-order chi connectivity index (χ0) is 26.4. The Kier molecular flexibility index (Phi) is 8.19. The fourth-order valence-corrected chi connectivity index (χ4v) is 4.64. The van der Waals surface area contributed by atoms with Crippen molar-refractivity contribution in [3.05, 3.63) is 88.6 Å². The number of anilines is 2. The number of carbonyl (C=O) groups excluding carboxylic acids is 2. The lowest BCUT2D eigenvalue weighted by molar-refractivity contribution is 0.0760. The number of nitriles is 1. The Morgan fingerprint density at radius 1 is 1.03 bits per heavy atom. The molecular weight excluding hydrogens is 462 g/mol. The maximum atomic E-state index is 13.4. The Labute approximate surface area is 218 Å². The van der Waals surface area contributed by atoms with Crippen molar-refractivity contribution in [3.63, 3.8) is 0 Å². The number of nitrogens with one attached hydrogen (secondary N) is 2. The molecule has 1 aliphatic heterocycles. The quantitative estimate of drug-likeness (QED) is 0.454. The lowest BCUT2D eigenvalue weighted by Gasteiger charge is -2.21. The molecule has 0 radical (unpaired) electrons. The number of rotatable bonds is 6. The van der Waals surface area contributed by atoms with Crippen LogP contribution in [0.2, 0.25) is 0 Å². The fourth-order valence-electron chi connectivity index (χ4n) is 4.64. The number of likely N-dealkylation sites (tertiary alicyclic amines) is 1. The van der Waals surface area contributed by atoms with E-state index in [0.29, 0.717) is 47.2 Å². The Morgan fingerprint density at radius 3 is 2.46 bits per heavy atom. The zero-order valence-electron chi connectivity index (χ0n) is 21.6. The fraction of sp³-hybridized carbons (Fsp3) is 0.333. The van der Waals surface area contributed by atoms with Crippen LogP contribution in [0.4, 0.5) is 11.5 Å². The normalized spacial score (nSPS) is 15.5. The molecule has 37 heavy (non-hydrogen) atoms. The highest BCUT2D eigenvalue weighted by Crippen LogP contribution is 2.29. The van der Waals surface area contributed by atoms with Crippen molar-refractivity contribution in [2.75, 3.05) is 23.7 Å². The molecule has 0 spiro atoms. The van der Waals surface area contributed by atoms with E-state index in [2.05, 4.69) is 21.7 Å². The van der Waals surface area contributed by atoms with Crippen molar-refractivity contribution in [1.82, 2.24) is 9.88 Å². The van der Waals surface area contributed by atoms with Gasteiger partial charge in [-0.3, -0.25) is 9.59 Å². The minimum absolute atomic E-state index is 0.0262. The van der Waals surface area contributed by atoms with E-state index in [-0.39, 0.29) is 17.9 Å². The molecule has 1 fully saturated rings. The van der Waals surface area contributed by atoms with Crippen molar-refractivity contribution in [1.29, 1.82) is 5.26 Å². The second-order valence-electron chi connectivity index (χ2n) is 9.87. The van der Waals surface area contributed by atoms with Gasteiger partial charge >= 0.3 is 0 Å². The molecule has 2 aromatic carbocycles. The van der Waals surface area contributed by atoms with Crippen molar-refractivity contribution < 1.29 is 9.59 Å². The Morgan fingerprint density at radius 2 is 1.78 bits per heavy atom. The molecule has 1 aliphatic rings. The van der Waals surface area contributed by atoms with Gasteiger partial charge in [0.15, 0.2) is 0 Å². The lowest BCUT2D eigenvalue weighted by atomic mass is 9.91. The van der Waals surface area contributed by atoms with E-state index in [9.17, 15) is 9.59 Å². The number of aryl methyl sites for hydroxylation is 1. The molecule has 0 aliphatic carbocycles. The summed E-state index contributed by atoms with van der Waals surface area (Å²) in [5, 5.41) is 15.2. The Hall–Kier alpha value is -4.18. The van der Waals surface area contributed by atoms with Crippen LogP contribution < -0.4 is 10.6 Å². The molecule has 1 saturated heterocycles. The van der Waals surface area contributed by atoms with Crippen LogP contribution >= 0.6 is 0 Å². The smallest absolute Gasteiger partial charge is 0.257 e. The van der Waals surface area contributed by atoms with E-state index >= 15 is 0 Å². The summed E-state index contributed by atoms with van der Waals surface area (Å²) in [7, 11) is 0. The predicted octanol–water partition coefficient (Wildman–Crippen LogP) is 5.74. The second-order valence-corrected chi connectivity index (χ2v) is 9.87. The molecule has 1 atom stereocenters. The summed E-state index contributed by atoms with van der Waals surface area (Å²) in [6.07, 6.45) is 4.35. The molecule has 2 heterocycles. The van der Waals surface area contributed by atoms with Crippen LogP contribution in [0.3, 0.4) is 0 Å². The molecular formula is C30H33N5O2. The summed E-state index contributed by atoms with van der Waals surface area (Å²) in [4.78, 5) is 32.5. The van der Waals surface area contributed by atoms with Gasteiger partial charge < -0.3 is 15.5 Å². The summed E-state index contributed by atoms with van der Waals surface area (Å²) in [6, 6.07) is 19.2. The first-order chi connectivity index (χ1) is 17.8. The highest BCUT2D eigenvalue weighted by Gasteiger charge is 2.23. The van der Waals surface area contributed by atoms with Gasteiger partial charge in [0.05, 0.1) is 17.2 Å². The maximum absolute atomic E-state index is 13.4. The van der Waals surface area contributed by atoms with Crippen LogP contribution in [0, 0.1) is 18.3 Å². The highest BCUT2D eigenvalue weighted by molar-refractivity contribution is 6.05. The summed E-state index contributed by atoms with van der Waals surface area (Å²) >= 11 is 0. The Balaban J connectivity index is 1.42. The second kappa shape index (κ2) is 11.7. The van der Waals surface area contributed by atoms with Gasteiger partial charge in [-0.15, -0.1) is 0 Å². The average Bonchev–Trinajstić information content (AvgIpc) is 3.16. The van der Waals surface area contributed by atoms with Crippen molar-refractivity contribution >= 4 is 23.3 Å². The van der Waals surface area contributed by atoms with Gasteiger partial charge in [0.2, 0.25) is 0 Å². The lowest BCUT2D eigenvalue weighted by Crippen LogP contribution is -2.32. The topological polar surface area (TPSA) is 98.1 Å². The number of carbonyl (C=O) groups is 2. The number of nitrogens with zero attached hydrogens (tertiary/aromatic N) is 3. The third kappa shape index (κ3) is 6.53. The standard InChI is InChI=1S/C30H33N5O2/c1-20(2)33-28-13-12-26(19-32-28)29(36)34-27-17-25(9-6-21(27)3)30(37)35-15-4-5-23(14-16-35)24-10-7-22(18-31)8-11-24/h6-13,17,19-20,23H,4-5,14-16H2,1-3H3,(H,32,33)(H,34,36). The van der Waals surface area contributed by atoms with Crippen LogP contribution in [0.1, 0.15) is 76.4 Å². The van der Waals surface area contributed by atoms with E-state index in [1.807, 2.05) is 62.1 Å². The first-order valence-corrected chi connectivity index (χ1v) is 12.8. The molecule has 0 saturated carbocycles. The van der Waals surface area contributed by atoms with Gasteiger partial charge in [-0.25, -0.2) is 4.98 Å². The Bertz CT molecular complexity index is 1290. The van der Waals surface area contributed by atoms with Crippen molar-refractivity contribution in [2.24, 2.45) is 0 Å². The number of hydrogen-bond acceptors (Lipinski definition) is 5. The minimum Gasteiger partial charge on any atom is -0.368 e. The predicted molar refractivity (Wildman–Crippen MR) is 146 cm³/mol. The van der Waals surface area contributed by atoms with Crippen LogP contribution in [-0.2, 0) is 0 Å². The minimum atomic E-state index is -0.267. The van der Waals surface area contributed by atoms with Crippen LogP contribution in [0.5, 0.6) is 0 Å².